The number of alkyl halides is 1. The van der Waals surface area contributed by atoms with Crippen LogP contribution in [-0.2, 0) is 4.79 Å². The molecule has 0 saturated heterocycles. The molecule has 0 aliphatic carbocycles. The van der Waals surface area contributed by atoms with E-state index >= 15 is 0 Å². The Labute approximate surface area is 128 Å². The van der Waals surface area contributed by atoms with Crippen LogP contribution in [0.2, 0.25) is 0 Å². The monoisotopic (exact) mass is 340 g/mol. The second-order valence-electron chi connectivity index (χ2n) is 5.65. The van der Waals surface area contributed by atoms with Gasteiger partial charge in [0, 0.05) is 16.8 Å². The van der Waals surface area contributed by atoms with Crippen molar-refractivity contribution in [3.05, 3.63) is 29.8 Å². The largest absolute Gasteiger partial charge is 0.347 e. The molecule has 4 nitrogen and oxygen atoms in total. The Kier molecular flexibility index (Phi) is 5.74. The Balaban J connectivity index is 2.69. The first-order valence-corrected chi connectivity index (χ1v) is 7.52. The van der Waals surface area contributed by atoms with E-state index < -0.39 is 0 Å². The third kappa shape index (κ3) is 5.33. The summed E-state index contributed by atoms with van der Waals surface area (Å²) >= 11 is 3.29. The SMILES string of the molecule is CCC(Br)C(=O)Nc1ccc(C(=O)NC(C)(C)C)cc1. The smallest absolute Gasteiger partial charge is 0.251 e. The van der Waals surface area contributed by atoms with Crippen molar-refractivity contribution in [1.82, 2.24) is 5.32 Å². The molecular formula is C15H21BrN2O2. The van der Waals surface area contributed by atoms with Gasteiger partial charge in [0.25, 0.3) is 5.91 Å². The maximum absolute atomic E-state index is 11.9. The van der Waals surface area contributed by atoms with E-state index in [0.717, 1.165) is 6.42 Å². The van der Waals surface area contributed by atoms with Gasteiger partial charge in [-0.2, -0.15) is 0 Å². The Morgan fingerprint density at radius 2 is 1.75 bits per heavy atom. The first kappa shape index (κ1) is 16.7. The fourth-order valence-electron chi connectivity index (χ4n) is 1.52. The van der Waals surface area contributed by atoms with Crippen LogP contribution in [0.4, 0.5) is 5.69 Å². The molecule has 0 heterocycles. The highest BCUT2D eigenvalue weighted by atomic mass is 79.9. The van der Waals surface area contributed by atoms with E-state index in [2.05, 4.69) is 26.6 Å². The molecule has 2 amide bonds. The number of amides is 2. The lowest BCUT2D eigenvalue weighted by molar-refractivity contribution is -0.115. The summed E-state index contributed by atoms with van der Waals surface area (Å²) in [5.74, 6) is -0.207. The van der Waals surface area contributed by atoms with Gasteiger partial charge < -0.3 is 10.6 Å². The molecular weight excluding hydrogens is 320 g/mol. The van der Waals surface area contributed by atoms with E-state index in [0.29, 0.717) is 11.3 Å². The highest BCUT2D eigenvalue weighted by molar-refractivity contribution is 9.10. The third-order valence-electron chi connectivity index (χ3n) is 2.55. The van der Waals surface area contributed by atoms with Crippen LogP contribution in [0, 0.1) is 0 Å². The lowest BCUT2D eigenvalue weighted by atomic mass is 10.1. The van der Waals surface area contributed by atoms with Gasteiger partial charge >= 0.3 is 0 Å². The number of hydrogen-bond acceptors (Lipinski definition) is 2. The Bertz CT molecular complexity index is 478. The Morgan fingerprint density at radius 1 is 1.20 bits per heavy atom. The molecule has 0 fully saturated rings. The first-order valence-electron chi connectivity index (χ1n) is 6.60. The van der Waals surface area contributed by atoms with E-state index in [1.807, 2.05) is 27.7 Å². The highest BCUT2D eigenvalue weighted by Crippen LogP contribution is 2.13. The molecule has 20 heavy (non-hydrogen) atoms. The van der Waals surface area contributed by atoms with Gasteiger partial charge in [-0.05, 0) is 51.5 Å². The minimum atomic E-state index is -0.270. The lowest BCUT2D eigenvalue weighted by Gasteiger charge is -2.20. The van der Waals surface area contributed by atoms with Crippen LogP contribution < -0.4 is 10.6 Å². The average Bonchev–Trinajstić information content (AvgIpc) is 2.36. The summed E-state index contributed by atoms with van der Waals surface area (Å²) in [5.41, 5.74) is 0.984. The molecule has 1 rings (SSSR count). The van der Waals surface area contributed by atoms with E-state index in [9.17, 15) is 9.59 Å². The van der Waals surface area contributed by atoms with Crippen LogP contribution >= 0.6 is 15.9 Å². The molecule has 0 aliphatic heterocycles. The van der Waals surface area contributed by atoms with Gasteiger partial charge in [-0.3, -0.25) is 9.59 Å². The van der Waals surface area contributed by atoms with E-state index in [1.54, 1.807) is 24.3 Å². The average molecular weight is 341 g/mol. The molecule has 2 N–H and O–H groups in total. The van der Waals surface area contributed by atoms with Gasteiger partial charge in [0.2, 0.25) is 5.91 Å². The third-order valence-corrected chi connectivity index (χ3v) is 3.61. The summed E-state index contributed by atoms with van der Waals surface area (Å²) in [6.07, 6.45) is 0.720. The van der Waals surface area contributed by atoms with Crippen molar-refractivity contribution in [3.63, 3.8) is 0 Å². The second kappa shape index (κ2) is 6.88. The van der Waals surface area contributed by atoms with Crippen LogP contribution in [-0.4, -0.2) is 22.2 Å². The molecule has 1 unspecified atom stereocenters. The van der Waals surface area contributed by atoms with Crippen molar-refractivity contribution < 1.29 is 9.59 Å². The minimum Gasteiger partial charge on any atom is -0.347 e. The van der Waals surface area contributed by atoms with Crippen LogP contribution in [0.25, 0.3) is 0 Å². The summed E-state index contributed by atoms with van der Waals surface area (Å²) in [6, 6.07) is 6.85. The standard InChI is InChI=1S/C15H21BrN2O2/c1-5-12(16)14(20)17-11-8-6-10(7-9-11)13(19)18-15(2,3)4/h6-9,12H,5H2,1-4H3,(H,17,20)(H,18,19). The summed E-state index contributed by atoms with van der Waals surface area (Å²) in [4.78, 5) is 23.5. The van der Waals surface area contributed by atoms with Crippen LogP contribution in [0.1, 0.15) is 44.5 Å². The molecule has 0 saturated carbocycles. The molecule has 0 bridgehead atoms. The predicted molar refractivity (Wildman–Crippen MR) is 85.3 cm³/mol. The second-order valence-corrected chi connectivity index (χ2v) is 6.75. The fourth-order valence-corrected chi connectivity index (χ4v) is 1.64. The van der Waals surface area contributed by atoms with Crippen molar-refractivity contribution in [2.24, 2.45) is 0 Å². The van der Waals surface area contributed by atoms with Crippen molar-refractivity contribution >= 4 is 33.4 Å². The fraction of sp³-hybridized carbons (Fsp3) is 0.467. The van der Waals surface area contributed by atoms with Gasteiger partial charge in [0.15, 0.2) is 0 Å². The quantitative estimate of drug-likeness (QED) is 0.826. The zero-order chi connectivity index (χ0) is 15.3. The predicted octanol–water partition coefficient (Wildman–Crippen LogP) is 3.33. The van der Waals surface area contributed by atoms with Crippen LogP contribution in [0.3, 0.4) is 0 Å². The maximum Gasteiger partial charge on any atom is 0.251 e. The van der Waals surface area contributed by atoms with Gasteiger partial charge in [0.05, 0.1) is 4.83 Å². The van der Waals surface area contributed by atoms with Gasteiger partial charge in [0.1, 0.15) is 0 Å². The van der Waals surface area contributed by atoms with Crippen molar-refractivity contribution in [2.45, 2.75) is 44.5 Å². The van der Waals surface area contributed by atoms with Crippen molar-refractivity contribution in [1.29, 1.82) is 0 Å². The van der Waals surface area contributed by atoms with E-state index in [4.69, 9.17) is 0 Å². The topological polar surface area (TPSA) is 58.2 Å². The zero-order valence-corrected chi connectivity index (χ0v) is 13.9. The Hall–Kier alpha value is -1.36. The summed E-state index contributed by atoms with van der Waals surface area (Å²) < 4.78 is 0. The maximum atomic E-state index is 11.9. The molecule has 0 spiro atoms. The van der Waals surface area contributed by atoms with E-state index in [-0.39, 0.29) is 22.2 Å². The molecule has 110 valence electrons. The number of rotatable bonds is 4. The highest BCUT2D eigenvalue weighted by Gasteiger charge is 2.16. The number of carbonyl (C=O) groups excluding carboxylic acids is 2. The number of carbonyl (C=O) groups is 2. The molecule has 5 heteroatoms. The van der Waals surface area contributed by atoms with Crippen LogP contribution in [0.5, 0.6) is 0 Å². The van der Waals surface area contributed by atoms with Gasteiger partial charge in [-0.25, -0.2) is 0 Å². The lowest BCUT2D eigenvalue weighted by Crippen LogP contribution is -2.40. The molecule has 1 atom stereocenters. The normalized spacial score (nSPS) is 12.7. The molecule has 1 aromatic carbocycles. The summed E-state index contributed by atoms with van der Waals surface area (Å²) in [5, 5.41) is 5.68. The minimum absolute atomic E-state index is 0.0839. The number of hydrogen-bond donors (Lipinski definition) is 2. The van der Waals surface area contributed by atoms with Crippen molar-refractivity contribution in [3.8, 4) is 0 Å². The van der Waals surface area contributed by atoms with E-state index in [1.165, 1.54) is 0 Å². The number of halogens is 1. The number of nitrogens with one attached hydrogen (secondary N) is 2. The summed E-state index contributed by atoms with van der Waals surface area (Å²) in [7, 11) is 0. The molecule has 1 aromatic rings. The van der Waals surface area contributed by atoms with Crippen molar-refractivity contribution in [2.75, 3.05) is 5.32 Å². The molecule has 0 radical (unpaired) electrons. The summed E-state index contributed by atoms with van der Waals surface area (Å²) in [6.45, 7) is 7.72. The number of anilines is 1. The van der Waals surface area contributed by atoms with Crippen LogP contribution in [0.15, 0.2) is 24.3 Å². The van der Waals surface area contributed by atoms with Gasteiger partial charge in [-0.1, -0.05) is 22.9 Å². The zero-order valence-electron chi connectivity index (χ0n) is 12.3. The Morgan fingerprint density at radius 3 is 2.20 bits per heavy atom. The first-order chi connectivity index (χ1) is 9.23. The number of benzene rings is 1. The van der Waals surface area contributed by atoms with Gasteiger partial charge in [-0.15, -0.1) is 0 Å². The molecule has 0 aromatic heterocycles. The molecule has 0 aliphatic rings.